The van der Waals surface area contributed by atoms with Crippen molar-refractivity contribution in [3.8, 4) is 0 Å². The van der Waals surface area contributed by atoms with Crippen molar-refractivity contribution in [2.24, 2.45) is 5.73 Å². The van der Waals surface area contributed by atoms with Crippen LogP contribution in [0.2, 0.25) is 0 Å². The molecular weight excluding hydrogens is 601 g/mol. The lowest BCUT2D eigenvalue weighted by molar-refractivity contribution is -0.154. The first-order chi connectivity index (χ1) is 22.4. The molecule has 0 aromatic rings. The van der Waals surface area contributed by atoms with Crippen molar-refractivity contribution >= 4 is 13.8 Å². The van der Waals surface area contributed by atoms with Crippen molar-refractivity contribution in [3.05, 3.63) is 72.9 Å². The Bertz CT molecular complexity index is 927. The standard InChI is InChI=1S/C37H64NO7P/c1-3-5-7-9-10-11-12-13-14-15-16-17-18-19-20-21-22-23-24-25-27-29-32-42-34-36(35-44-46(40,41)43-33-31-38)45-37(39)30-28-26-8-6-4-2/h5,7,10-11,13-14,16-17,19-20,22-23,36H,3-4,6,8-9,12,15,18,21,24-35,38H2,1-2H3,(H,40,41)/b7-5-,11-10-,14-13-,17-16-,20-19-,23-22-. The summed E-state index contributed by atoms with van der Waals surface area (Å²) in [6.07, 6.45) is 41.0. The van der Waals surface area contributed by atoms with E-state index in [1.165, 1.54) is 0 Å². The Kier molecular flexibility index (Phi) is 32.7. The van der Waals surface area contributed by atoms with E-state index in [1.807, 2.05) is 0 Å². The van der Waals surface area contributed by atoms with Crippen LogP contribution >= 0.6 is 7.82 Å². The molecule has 0 heterocycles. The fraction of sp³-hybridized carbons (Fsp3) is 0.649. The van der Waals surface area contributed by atoms with Crippen molar-refractivity contribution in [2.45, 2.75) is 123 Å². The van der Waals surface area contributed by atoms with E-state index in [0.717, 1.165) is 96.3 Å². The Morgan fingerprint density at radius 2 is 1.22 bits per heavy atom. The first-order valence-electron chi connectivity index (χ1n) is 17.4. The number of carbonyl (C=O) groups excluding carboxylic acids is 1. The van der Waals surface area contributed by atoms with Crippen molar-refractivity contribution in [1.82, 2.24) is 0 Å². The van der Waals surface area contributed by atoms with E-state index in [2.05, 4.69) is 86.8 Å². The molecule has 3 N–H and O–H groups in total. The lowest BCUT2D eigenvalue weighted by Crippen LogP contribution is -2.28. The van der Waals surface area contributed by atoms with Crippen LogP contribution in [0.25, 0.3) is 0 Å². The molecule has 264 valence electrons. The topological polar surface area (TPSA) is 117 Å². The minimum Gasteiger partial charge on any atom is -0.457 e. The third-order valence-corrected chi connectivity index (χ3v) is 7.62. The number of allylic oxidation sites excluding steroid dienone is 12. The molecule has 0 saturated heterocycles. The maximum Gasteiger partial charge on any atom is 0.472 e. The Labute approximate surface area is 280 Å². The summed E-state index contributed by atoms with van der Waals surface area (Å²) in [5, 5.41) is 0. The molecule has 46 heavy (non-hydrogen) atoms. The van der Waals surface area contributed by atoms with Gasteiger partial charge in [0.05, 0.1) is 19.8 Å². The number of carbonyl (C=O) groups is 1. The minimum absolute atomic E-state index is 0.0889. The van der Waals surface area contributed by atoms with Gasteiger partial charge in [-0.1, -0.05) is 119 Å². The summed E-state index contributed by atoms with van der Waals surface area (Å²) in [6, 6.07) is 0. The van der Waals surface area contributed by atoms with Gasteiger partial charge in [-0.05, 0) is 64.2 Å². The van der Waals surface area contributed by atoms with Gasteiger partial charge in [0.25, 0.3) is 0 Å². The normalized spacial score (nSPS) is 14.6. The van der Waals surface area contributed by atoms with E-state index in [0.29, 0.717) is 13.0 Å². The summed E-state index contributed by atoms with van der Waals surface area (Å²) in [4.78, 5) is 22.1. The number of esters is 1. The van der Waals surface area contributed by atoms with Gasteiger partial charge in [-0.15, -0.1) is 0 Å². The molecule has 2 unspecified atom stereocenters. The summed E-state index contributed by atoms with van der Waals surface area (Å²) < 4.78 is 32.9. The summed E-state index contributed by atoms with van der Waals surface area (Å²) in [5.74, 6) is -0.360. The van der Waals surface area contributed by atoms with Crippen molar-refractivity contribution < 1.29 is 32.8 Å². The molecule has 0 amide bonds. The molecule has 0 bridgehead atoms. The first-order valence-corrected chi connectivity index (χ1v) is 18.9. The lowest BCUT2D eigenvalue weighted by Gasteiger charge is -2.20. The second-order valence-corrected chi connectivity index (χ2v) is 12.5. The van der Waals surface area contributed by atoms with E-state index in [1.54, 1.807) is 0 Å². The second-order valence-electron chi connectivity index (χ2n) is 11.0. The van der Waals surface area contributed by atoms with E-state index in [9.17, 15) is 14.3 Å². The van der Waals surface area contributed by atoms with Crippen LogP contribution in [0.4, 0.5) is 0 Å². The van der Waals surface area contributed by atoms with Crippen molar-refractivity contribution in [1.29, 1.82) is 0 Å². The first kappa shape index (κ1) is 43.9. The number of phosphoric ester groups is 1. The molecule has 8 nitrogen and oxygen atoms in total. The van der Waals surface area contributed by atoms with Crippen LogP contribution in [0, 0.1) is 0 Å². The number of phosphoric acid groups is 1. The van der Waals surface area contributed by atoms with E-state index >= 15 is 0 Å². The predicted molar refractivity (Wildman–Crippen MR) is 192 cm³/mol. The molecule has 0 fully saturated rings. The third kappa shape index (κ3) is 33.3. The number of hydrogen-bond acceptors (Lipinski definition) is 7. The monoisotopic (exact) mass is 665 g/mol. The van der Waals surface area contributed by atoms with E-state index in [-0.39, 0.29) is 32.3 Å². The fourth-order valence-corrected chi connectivity index (χ4v) is 4.88. The molecule has 0 aromatic carbocycles. The molecule has 0 rings (SSSR count). The van der Waals surface area contributed by atoms with Gasteiger partial charge in [0.2, 0.25) is 0 Å². The van der Waals surface area contributed by atoms with Gasteiger partial charge in [0.15, 0.2) is 0 Å². The minimum atomic E-state index is -4.27. The summed E-state index contributed by atoms with van der Waals surface area (Å²) in [7, 11) is -4.27. The second kappa shape index (κ2) is 34.3. The average Bonchev–Trinajstić information content (AvgIpc) is 3.04. The number of rotatable bonds is 32. The largest absolute Gasteiger partial charge is 0.472 e. The van der Waals surface area contributed by atoms with Crippen LogP contribution in [-0.4, -0.2) is 49.9 Å². The number of nitrogens with two attached hydrogens (primary N) is 1. The highest BCUT2D eigenvalue weighted by atomic mass is 31.2. The molecular formula is C37H64NO7P. The zero-order valence-electron chi connectivity index (χ0n) is 28.8. The van der Waals surface area contributed by atoms with Gasteiger partial charge in [0, 0.05) is 19.6 Å². The highest BCUT2D eigenvalue weighted by Gasteiger charge is 2.25. The number of ether oxygens (including phenoxy) is 2. The van der Waals surface area contributed by atoms with Crippen LogP contribution in [0.1, 0.15) is 117 Å². The third-order valence-electron chi connectivity index (χ3n) is 6.64. The average molecular weight is 666 g/mol. The summed E-state index contributed by atoms with van der Waals surface area (Å²) in [5.41, 5.74) is 5.32. The Hall–Kier alpha value is -2.06. The van der Waals surface area contributed by atoms with Crippen LogP contribution in [0.5, 0.6) is 0 Å². The SMILES string of the molecule is CC/C=C\C/C=C\C/C=C\C/C=C\C/C=C\C/C=C\CCCCCOCC(COP(=O)(O)OCCN)OC(=O)CCCCCCC. The number of unbranched alkanes of at least 4 members (excludes halogenated alkanes) is 7. The highest BCUT2D eigenvalue weighted by molar-refractivity contribution is 7.47. The maximum atomic E-state index is 12.3. The Morgan fingerprint density at radius 1 is 0.674 bits per heavy atom. The van der Waals surface area contributed by atoms with Crippen LogP contribution < -0.4 is 5.73 Å². The van der Waals surface area contributed by atoms with Gasteiger partial charge in [-0.25, -0.2) is 4.57 Å². The van der Waals surface area contributed by atoms with Gasteiger partial charge in [0.1, 0.15) is 6.10 Å². The summed E-state index contributed by atoms with van der Waals surface area (Å²) >= 11 is 0. The van der Waals surface area contributed by atoms with Crippen LogP contribution in [-0.2, 0) is 27.9 Å². The molecule has 0 radical (unpaired) electrons. The van der Waals surface area contributed by atoms with Gasteiger partial charge in [-0.3, -0.25) is 13.8 Å². The molecule has 2 atom stereocenters. The van der Waals surface area contributed by atoms with E-state index < -0.39 is 13.9 Å². The van der Waals surface area contributed by atoms with Crippen LogP contribution in [0.3, 0.4) is 0 Å². The zero-order valence-corrected chi connectivity index (χ0v) is 29.7. The fourth-order valence-electron chi connectivity index (χ4n) is 4.11. The molecule has 0 aromatic heterocycles. The van der Waals surface area contributed by atoms with Gasteiger partial charge < -0.3 is 20.1 Å². The van der Waals surface area contributed by atoms with Gasteiger partial charge >= 0.3 is 13.8 Å². The Morgan fingerprint density at radius 3 is 1.78 bits per heavy atom. The molecule has 0 aliphatic carbocycles. The quantitative estimate of drug-likeness (QED) is 0.0316. The predicted octanol–water partition coefficient (Wildman–Crippen LogP) is 9.63. The summed E-state index contributed by atoms with van der Waals surface area (Å²) in [6.45, 7) is 4.59. The molecule has 0 saturated carbocycles. The number of hydrogen-bond donors (Lipinski definition) is 2. The zero-order chi connectivity index (χ0) is 33.8. The van der Waals surface area contributed by atoms with Gasteiger partial charge in [-0.2, -0.15) is 0 Å². The van der Waals surface area contributed by atoms with Crippen LogP contribution in [0.15, 0.2) is 72.9 Å². The van der Waals surface area contributed by atoms with E-state index in [4.69, 9.17) is 24.3 Å². The van der Waals surface area contributed by atoms with Crippen molar-refractivity contribution in [3.63, 3.8) is 0 Å². The highest BCUT2D eigenvalue weighted by Crippen LogP contribution is 2.43. The van der Waals surface area contributed by atoms with Crippen molar-refractivity contribution in [2.75, 3.05) is 33.0 Å². The lowest BCUT2D eigenvalue weighted by atomic mass is 10.1. The molecule has 0 spiro atoms. The molecule has 0 aliphatic rings. The molecule has 9 heteroatoms. The smallest absolute Gasteiger partial charge is 0.457 e. The maximum absolute atomic E-state index is 12.3. The molecule has 0 aliphatic heterocycles. The Balaban J connectivity index is 4.06.